The third-order valence-corrected chi connectivity index (χ3v) is 6.26. The zero-order chi connectivity index (χ0) is 22.9. The largest absolute Gasteiger partial charge is 0.310 e. The fourth-order valence-corrected chi connectivity index (χ4v) is 4.31. The SMILES string of the molecule is Cc1cc(CNCC(=O)c2ccc([C@@H](C)[C@@]3(C)C(=O)Nc4ncccc43)cn2)cc(C)n1. The normalized spacial score (nSPS) is 18.2. The summed E-state index contributed by atoms with van der Waals surface area (Å²) in [5.74, 6) is 0.314. The Morgan fingerprint density at radius 2 is 1.91 bits per heavy atom. The fourth-order valence-electron chi connectivity index (χ4n) is 4.31. The zero-order valence-corrected chi connectivity index (χ0v) is 18.8. The first kappa shape index (κ1) is 21.8. The Morgan fingerprint density at radius 1 is 1.16 bits per heavy atom. The van der Waals surface area contributed by atoms with E-state index >= 15 is 0 Å². The van der Waals surface area contributed by atoms with Crippen molar-refractivity contribution in [1.29, 1.82) is 0 Å². The summed E-state index contributed by atoms with van der Waals surface area (Å²) >= 11 is 0. The highest BCUT2D eigenvalue weighted by Crippen LogP contribution is 2.45. The summed E-state index contributed by atoms with van der Waals surface area (Å²) in [6.45, 7) is 8.62. The molecule has 7 heteroatoms. The van der Waals surface area contributed by atoms with E-state index in [1.807, 2.05) is 58.0 Å². The summed E-state index contributed by atoms with van der Waals surface area (Å²) in [6, 6.07) is 11.4. The van der Waals surface area contributed by atoms with E-state index in [9.17, 15) is 9.59 Å². The van der Waals surface area contributed by atoms with Crippen molar-refractivity contribution in [2.75, 3.05) is 11.9 Å². The number of carbonyl (C=O) groups is 2. The molecule has 164 valence electrons. The average Bonchev–Trinajstić information content (AvgIpc) is 3.03. The Hall–Kier alpha value is -3.45. The van der Waals surface area contributed by atoms with Crippen molar-refractivity contribution in [2.24, 2.45) is 0 Å². The number of Topliss-reactive ketones (excluding diaryl/α,β-unsaturated/α-hetero) is 1. The van der Waals surface area contributed by atoms with Gasteiger partial charge in [-0.2, -0.15) is 0 Å². The molecule has 7 nitrogen and oxygen atoms in total. The number of fused-ring (bicyclic) bond motifs is 1. The van der Waals surface area contributed by atoms with E-state index in [0.29, 0.717) is 18.1 Å². The van der Waals surface area contributed by atoms with Crippen LogP contribution in [-0.2, 0) is 16.8 Å². The lowest BCUT2D eigenvalue weighted by Gasteiger charge is -2.29. The monoisotopic (exact) mass is 429 g/mol. The van der Waals surface area contributed by atoms with Gasteiger partial charge in [-0.25, -0.2) is 4.98 Å². The molecule has 0 saturated heterocycles. The minimum Gasteiger partial charge on any atom is -0.310 e. The van der Waals surface area contributed by atoms with E-state index in [-0.39, 0.29) is 24.2 Å². The van der Waals surface area contributed by atoms with Crippen LogP contribution in [0.2, 0.25) is 0 Å². The van der Waals surface area contributed by atoms with Crippen molar-refractivity contribution < 1.29 is 9.59 Å². The van der Waals surface area contributed by atoms with E-state index < -0.39 is 5.41 Å². The predicted molar refractivity (Wildman–Crippen MR) is 123 cm³/mol. The number of amides is 1. The molecule has 0 radical (unpaired) electrons. The Labute approximate surface area is 187 Å². The smallest absolute Gasteiger partial charge is 0.236 e. The first-order chi connectivity index (χ1) is 15.3. The van der Waals surface area contributed by atoms with Crippen LogP contribution in [0.25, 0.3) is 0 Å². The van der Waals surface area contributed by atoms with Crippen molar-refractivity contribution in [3.63, 3.8) is 0 Å². The lowest BCUT2D eigenvalue weighted by Crippen LogP contribution is -2.36. The van der Waals surface area contributed by atoms with Crippen LogP contribution in [0, 0.1) is 13.8 Å². The van der Waals surface area contributed by atoms with Gasteiger partial charge in [0.05, 0.1) is 12.0 Å². The van der Waals surface area contributed by atoms with Gasteiger partial charge in [0.15, 0.2) is 5.78 Å². The van der Waals surface area contributed by atoms with E-state index in [1.165, 1.54) is 0 Å². The topological polar surface area (TPSA) is 96.9 Å². The van der Waals surface area contributed by atoms with Gasteiger partial charge < -0.3 is 10.6 Å². The van der Waals surface area contributed by atoms with Crippen molar-refractivity contribution >= 4 is 17.5 Å². The van der Waals surface area contributed by atoms with Crippen molar-refractivity contribution in [2.45, 2.75) is 45.6 Å². The second-order valence-electron chi connectivity index (χ2n) is 8.54. The number of carbonyl (C=O) groups excluding carboxylic acids is 2. The summed E-state index contributed by atoms with van der Waals surface area (Å²) in [6.07, 6.45) is 3.36. The standard InChI is InChI=1S/C25H27N5O2/c1-15-10-18(11-16(2)29-15)12-26-14-22(31)21-8-7-19(13-28-21)17(3)25(4)20-6-5-9-27-23(20)30-24(25)32/h5-11,13,17,26H,12,14H2,1-4H3,(H,27,30,32)/t17-,25-/m1/s1. The van der Waals surface area contributed by atoms with Crippen molar-refractivity contribution in [1.82, 2.24) is 20.3 Å². The summed E-state index contributed by atoms with van der Waals surface area (Å²) < 4.78 is 0. The first-order valence-electron chi connectivity index (χ1n) is 10.7. The summed E-state index contributed by atoms with van der Waals surface area (Å²) in [5.41, 5.74) is 4.44. The van der Waals surface area contributed by atoms with Gasteiger partial charge in [-0.15, -0.1) is 0 Å². The van der Waals surface area contributed by atoms with Crippen LogP contribution < -0.4 is 10.6 Å². The molecule has 1 amide bonds. The van der Waals surface area contributed by atoms with Gasteiger partial charge in [0, 0.05) is 41.8 Å². The molecule has 4 heterocycles. The fraction of sp³-hybridized carbons (Fsp3) is 0.320. The van der Waals surface area contributed by atoms with Crippen LogP contribution in [0.5, 0.6) is 0 Å². The summed E-state index contributed by atoms with van der Waals surface area (Å²) in [7, 11) is 0. The van der Waals surface area contributed by atoms with E-state index in [0.717, 1.165) is 28.1 Å². The van der Waals surface area contributed by atoms with Crippen LogP contribution in [0.4, 0.5) is 5.82 Å². The minimum atomic E-state index is -0.751. The Morgan fingerprint density at radius 3 is 2.59 bits per heavy atom. The molecule has 0 aromatic carbocycles. The molecule has 2 atom stereocenters. The molecular formula is C25H27N5O2. The third-order valence-electron chi connectivity index (χ3n) is 6.26. The molecule has 3 aromatic heterocycles. The molecule has 1 aliphatic heterocycles. The molecule has 32 heavy (non-hydrogen) atoms. The molecule has 4 rings (SSSR count). The van der Waals surface area contributed by atoms with Gasteiger partial charge in [-0.05, 0) is 56.2 Å². The van der Waals surface area contributed by atoms with Gasteiger partial charge in [-0.3, -0.25) is 19.6 Å². The summed E-state index contributed by atoms with van der Waals surface area (Å²) in [4.78, 5) is 38.4. The van der Waals surface area contributed by atoms with Crippen LogP contribution in [0.15, 0.2) is 48.8 Å². The maximum Gasteiger partial charge on any atom is 0.236 e. The predicted octanol–water partition coefficient (Wildman–Crippen LogP) is 3.47. The second kappa shape index (κ2) is 8.59. The van der Waals surface area contributed by atoms with Gasteiger partial charge in [0.25, 0.3) is 0 Å². The number of aromatic nitrogens is 3. The minimum absolute atomic E-state index is 0.0777. The number of hydrogen-bond donors (Lipinski definition) is 2. The maximum absolute atomic E-state index is 12.8. The molecule has 0 spiro atoms. The van der Waals surface area contributed by atoms with E-state index in [4.69, 9.17) is 0 Å². The number of ketones is 1. The number of nitrogens with zero attached hydrogens (tertiary/aromatic N) is 3. The number of aryl methyl sites for hydroxylation is 2. The number of hydrogen-bond acceptors (Lipinski definition) is 6. The molecule has 1 aliphatic rings. The van der Waals surface area contributed by atoms with Crippen molar-refractivity contribution in [3.8, 4) is 0 Å². The number of anilines is 1. The van der Waals surface area contributed by atoms with Crippen LogP contribution >= 0.6 is 0 Å². The highest BCUT2D eigenvalue weighted by molar-refractivity contribution is 6.05. The first-order valence-corrected chi connectivity index (χ1v) is 10.7. The van der Waals surface area contributed by atoms with E-state index in [1.54, 1.807) is 18.5 Å². The molecule has 0 saturated carbocycles. The van der Waals surface area contributed by atoms with Gasteiger partial charge in [0.1, 0.15) is 11.5 Å². The lowest BCUT2D eigenvalue weighted by molar-refractivity contribution is -0.120. The van der Waals surface area contributed by atoms with Crippen molar-refractivity contribution in [3.05, 3.63) is 82.6 Å². The van der Waals surface area contributed by atoms with Crippen LogP contribution in [-0.4, -0.2) is 33.2 Å². The average molecular weight is 430 g/mol. The quantitative estimate of drug-likeness (QED) is 0.558. The molecular weight excluding hydrogens is 402 g/mol. The highest BCUT2D eigenvalue weighted by atomic mass is 16.2. The number of pyridine rings is 3. The molecule has 3 aromatic rings. The third kappa shape index (κ3) is 4.03. The highest BCUT2D eigenvalue weighted by Gasteiger charge is 2.47. The summed E-state index contributed by atoms with van der Waals surface area (Å²) in [5, 5.41) is 6.06. The molecule has 0 fully saturated rings. The zero-order valence-electron chi connectivity index (χ0n) is 18.8. The Kier molecular flexibility index (Phi) is 5.84. The van der Waals surface area contributed by atoms with Gasteiger partial charge >= 0.3 is 0 Å². The van der Waals surface area contributed by atoms with Crippen LogP contribution in [0.1, 0.15) is 58.3 Å². The second-order valence-corrected chi connectivity index (χ2v) is 8.54. The molecule has 0 bridgehead atoms. The molecule has 2 N–H and O–H groups in total. The number of rotatable bonds is 7. The molecule has 0 unspecified atom stereocenters. The lowest BCUT2D eigenvalue weighted by atomic mass is 9.71. The Bertz CT molecular complexity index is 1150. The Balaban J connectivity index is 1.42. The van der Waals surface area contributed by atoms with E-state index in [2.05, 4.69) is 25.6 Å². The van der Waals surface area contributed by atoms with Gasteiger partial charge in [0.2, 0.25) is 5.91 Å². The number of nitrogens with one attached hydrogen (secondary N) is 2. The van der Waals surface area contributed by atoms with Crippen LogP contribution in [0.3, 0.4) is 0 Å². The maximum atomic E-state index is 12.8. The molecule has 0 aliphatic carbocycles. The van der Waals surface area contributed by atoms with Gasteiger partial charge in [-0.1, -0.05) is 19.1 Å².